The van der Waals surface area contributed by atoms with Gasteiger partial charge in [0.25, 0.3) is 10.0 Å². The van der Waals surface area contributed by atoms with E-state index in [4.69, 9.17) is 9.47 Å². The van der Waals surface area contributed by atoms with Crippen molar-refractivity contribution in [1.82, 2.24) is 5.32 Å². The molecule has 3 aromatic carbocycles. The van der Waals surface area contributed by atoms with Gasteiger partial charge in [0.1, 0.15) is 18.0 Å². The van der Waals surface area contributed by atoms with Gasteiger partial charge in [-0.05, 0) is 67.9 Å². The normalized spacial score (nSPS) is 11.2. The summed E-state index contributed by atoms with van der Waals surface area (Å²) in [7, 11) is -2.46. The molecule has 1 N–H and O–H groups in total. The largest absolute Gasteiger partial charge is 0.497 e. The number of sulfonamides is 1. The van der Waals surface area contributed by atoms with Crippen molar-refractivity contribution in [3.8, 4) is 11.5 Å². The second-order valence-corrected chi connectivity index (χ2v) is 9.47. The first-order valence-corrected chi connectivity index (χ1v) is 12.0. The predicted octanol–water partition coefficient (Wildman–Crippen LogP) is 3.99. The van der Waals surface area contributed by atoms with Gasteiger partial charge >= 0.3 is 0 Å². The molecule has 3 aromatic rings. The summed E-state index contributed by atoms with van der Waals surface area (Å²) in [6.45, 7) is 3.82. The van der Waals surface area contributed by atoms with Crippen molar-refractivity contribution in [2.24, 2.45) is 0 Å². The fraction of sp³-hybridized carbons (Fsp3) is 0.240. The molecular weight excluding hydrogens is 440 g/mol. The Morgan fingerprint density at radius 3 is 2.09 bits per heavy atom. The van der Waals surface area contributed by atoms with Gasteiger partial charge in [0.15, 0.2) is 0 Å². The number of hydrogen-bond donors (Lipinski definition) is 1. The van der Waals surface area contributed by atoms with Crippen LogP contribution < -0.4 is 19.1 Å². The lowest BCUT2D eigenvalue weighted by atomic mass is 10.2. The van der Waals surface area contributed by atoms with Crippen molar-refractivity contribution < 1.29 is 22.7 Å². The molecule has 1 amide bonds. The summed E-state index contributed by atoms with van der Waals surface area (Å²) in [4.78, 5) is 12.8. The summed E-state index contributed by atoms with van der Waals surface area (Å²) in [5.41, 5.74) is 1.28. The molecule has 0 saturated heterocycles. The molecular formula is C25H28N2O5S. The molecule has 174 valence electrons. The van der Waals surface area contributed by atoms with E-state index in [1.54, 1.807) is 42.5 Å². The Balaban J connectivity index is 1.74. The molecule has 0 atom stereocenters. The summed E-state index contributed by atoms with van der Waals surface area (Å²) < 4.78 is 38.6. The third-order valence-electron chi connectivity index (χ3n) is 4.76. The fourth-order valence-electron chi connectivity index (χ4n) is 3.13. The Hall–Kier alpha value is -3.52. The number of para-hydroxylation sites is 1. The fourth-order valence-corrected chi connectivity index (χ4v) is 4.55. The Labute approximate surface area is 195 Å². The molecule has 0 aliphatic rings. The summed E-state index contributed by atoms with van der Waals surface area (Å²) in [6.07, 6.45) is 0.0761. The van der Waals surface area contributed by atoms with Crippen LogP contribution in [-0.4, -0.2) is 34.1 Å². The molecule has 0 aromatic heterocycles. The number of nitrogens with one attached hydrogen (secondary N) is 1. The lowest BCUT2D eigenvalue weighted by Crippen LogP contribution is -2.40. The maximum Gasteiger partial charge on any atom is 0.264 e. The van der Waals surface area contributed by atoms with E-state index in [9.17, 15) is 13.2 Å². The quantitative estimate of drug-likeness (QED) is 0.486. The Bertz CT molecular complexity index is 1150. The van der Waals surface area contributed by atoms with Gasteiger partial charge in [0.2, 0.25) is 5.91 Å². The van der Waals surface area contributed by atoms with Gasteiger partial charge in [-0.2, -0.15) is 0 Å². The summed E-state index contributed by atoms with van der Waals surface area (Å²) >= 11 is 0. The van der Waals surface area contributed by atoms with E-state index in [0.717, 1.165) is 15.6 Å². The van der Waals surface area contributed by atoms with Crippen LogP contribution in [0.15, 0.2) is 83.8 Å². The first-order chi connectivity index (χ1) is 15.8. The molecule has 8 heteroatoms. The van der Waals surface area contributed by atoms with Crippen molar-refractivity contribution in [3.63, 3.8) is 0 Å². The van der Waals surface area contributed by atoms with E-state index < -0.39 is 15.9 Å². The first-order valence-electron chi connectivity index (χ1n) is 10.5. The minimum atomic E-state index is -3.97. The smallest absolute Gasteiger partial charge is 0.264 e. The number of amides is 1. The second kappa shape index (κ2) is 10.9. The highest BCUT2D eigenvalue weighted by atomic mass is 32.2. The molecule has 0 bridgehead atoms. The summed E-state index contributed by atoms with van der Waals surface area (Å²) in [5.74, 6) is 0.877. The van der Waals surface area contributed by atoms with Crippen molar-refractivity contribution in [2.75, 3.05) is 18.0 Å². The zero-order chi connectivity index (χ0) is 23.8. The number of carbonyl (C=O) groups is 1. The van der Waals surface area contributed by atoms with E-state index in [2.05, 4.69) is 5.32 Å². The van der Waals surface area contributed by atoms with E-state index in [1.165, 1.54) is 19.2 Å². The molecule has 0 saturated carbocycles. The second-order valence-electron chi connectivity index (χ2n) is 7.61. The maximum atomic E-state index is 13.4. The van der Waals surface area contributed by atoms with Crippen LogP contribution in [0.3, 0.4) is 0 Å². The molecule has 0 aliphatic heterocycles. The number of nitrogens with zero attached hydrogens (tertiary/aromatic N) is 1. The van der Waals surface area contributed by atoms with Crippen LogP contribution in [0.25, 0.3) is 0 Å². The predicted molar refractivity (Wildman–Crippen MR) is 128 cm³/mol. The van der Waals surface area contributed by atoms with Crippen LogP contribution in [0.4, 0.5) is 5.69 Å². The van der Waals surface area contributed by atoms with Gasteiger partial charge in [-0.15, -0.1) is 0 Å². The number of benzene rings is 3. The zero-order valence-corrected chi connectivity index (χ0v) is 19.7. The van der Waals surface area contributed by atoms with Crippen molar-refractivity contribution in [2.45, 2.75) is 31.4 Å². The van der Waals surface area contributed by atoms with Gasteiger partial charge < -0.3 is 14.8 Å². The lowest BCUT2D eigenvalue weighted by molar-refractivity contribution is -0.119. The van der Waals surface area contributed by atoms with Crippen LogP contribution in [-0.2, 0) is 21.4 Å². The minimum Gasteiger partial charge on any atom is -0.497 e. The van der Waals surface area contributed by atoms with E-state index in [-0.39, 0.29) is 24.1 Å². The lowest BCUT2D eigenvalue weighted by Gasteiger charge is -2.24. The average Bonchev–Trinajstić information content (AvgIpc) is 2.82. The number of carbonyl (C=O) groups excluding carboxylic acids is 1. The van der Waals surface area contributed by atoms with Gasteiger partial charge in [0, 0.05) is 6.54 Å². The van der Waals surface area contributed by atoms with Gasteiger partial charge in [-0.25, -0.2) is 8.42 Å². The molecule has 33 heavy (non-hydrogen) atoms. The maximum absolute atomic E-state index is 13.4. The van der Waals surface area contributed by atoms with E-state index >= 15 is 0 Å². The summed E-state index contributed by atoms with van der Waals surface area (Å²) in [6, 6.07) is 22.0. The van der Waals surface area contributed by atoms with Crippen molar-refractivity contribution in [3.05, 3.63) is 84.4 Å². The summed E-state index contributed by atoms with van der Waals surface area (Å²) in [5, 5.41) is 2.80. The molecule has 0 radical (unpaired) electrons. The SMILES string of the molecule is COc1ccc(S(=O)(=O)N(CC(=O)NCc2ccc(OC(C)C)cc2)c2ccccc2)cc1. The van der Waals surface area contributed by atoms with Crippen LogP contribution in [0.2, 0.25) is 0 Å². The average molecular weight is 469 g/mol. The number of hydrogen-bond acceptors (Lipinski definition) is 5. The molecule has 0 spiro atoms. The Kier molecular flexibility index (Phi) is 7.95. The van der Waals surface area contributed by atoms with Crippen LogP contribution in [0.1, 0.15) is 19.4 Å². The third kappa shape index (κ3) is 6.49. The topological polar surface area (TPSA) is 84.9 Å². The highest BCUT2D eigenvalue weighted by Gasteiger charge is 2.27. The van der Waals surface area contributed by atoms with Crippen molar-refractivity contribution >= 4 is 21.6 Å². The van der Waals surface area contributed by atoms with Gasteiger partial charge in [-0.3, -0.25) is 9.10 Å². The molecule has 0 fully saturated rings. The molecule has 0 aliphatic carbocycles. The molecule has 0 heterocycles. The number of ether oxygens (including phenoxy) is 2. The van der Waals surface area contributed by atoms with Gasteiger partial charge in [0.05, 0.1) is 23.8 Å². The Morgan fingerprint density at radius 1 is 0.909 bits per heavy atom. The van der Waals surface area contributed by atoms with E-state index in [0.29, 0.717) is 11.4 Å². The zero-order valence-electron chi connectivity index (χ0n) is 18.9. The third-order valence-corrected chi connectivity index (χ3v) is 6.55. The van der Waals surface area contributed by atoms with Gasteiger partial charge in [-0.1, -0.05) is 30.3 Å². The number of methoxy groups -OCH3 is 1. The van der Waals surface area contributed by atoms with Crippen LogP contribution in [0.5, 0.6) is 11.5 Å². The standard InChI is InChI=1S/C25H28N2O5S/c1-19(2)32-23-11-9-20(10-12-23)17-26-25(28)18-27(21-7-5-4-6-8-21)33(29,30)24-15-13-22(31-3)14-16-24/h4-16,19H,17-18H2,1-3H3,(H,26,28). The molecule has 7 nitrogen and oxygen atoms in total. The Morgan fingerprint density at radius 2 is 1.52 bits per heavy atom. The van der Waals surface area contributed by atoms with E-state index in [1.807, 2.05) is 38.1 Å². The highest BCUT2D eigenvalue weighted by molar-refractivity contribution is 7.92. The monoisotopic (exact) mass is 468 g/mol. The number of rotatable bonds is 10. The highest BCUT2D eigenvalue weighted by Crippen LogP contribution is 2.25. The molecule has 3 rings (SSSR count). The van der Waals surface area contributed by atoms with Crippen LogP contribution >= 0.6 is 0 Å². The first kappa shape index (κ1) is 24.1. The number of anilines is 1. The van der Waals surface area contributed by atoms with Crippen molar-refractivity contribution in [1.29, 1.82) is 0 Å². The molecule has 0 unspecified atom stereocenters. The van der Waals surface area contributed by atoms with Crippen LogP contribution in [0, 0.1) is 0 Å². The minimum absolute atomic E-state index is 0.0701.